The molecule has 1 rings (SSSR count). The predicted molar refractivity (Wildman–Crippen MR) is 67.7 cm³/mol. The molecule has 18 heavy (non-hydrogen) atoms. The lowest BCUT2D eigenvalue weighted by molar-refractivity contribution is 0.0867. The molecule has 0 radical (unpaired) electrons. The van der Waals surface area contributed by atoms with Crippen LogP contribution in [-0.4, -0.2) is 42.5 Å². The van der Waals surface area contributed by atoms with E-state index in [1.54, 1.807) is 25.1 Å². The van der Waals surface area contributed by atoms with Crippen molar-refractivity contribution in [2.45, 2.75) is 13.3 Å². The molecule has 5 heteroatoms. The van der Waals surface area contributed by atoms with Crippen LogP contribution in [0.5, 0.6) is 5.75 Å². The van der Waals surface area contributed by atoms with E-state index >= 15 is 0 Å². The third-order valence-electron chi connectivity index (χ3n) is 2.54. The van der Waals surface area contributed by atoms with Crippen molar-refractivity contribution < 1.29 is 19.7 Å². The van der Waals surface area contributed by atoms with Crippen molar-refractivity contribution in [2.75, 3.05) is 26.4 Å². The summed E-state index contributed by atoms with van der Waals surface area (Å²) < 4.78 is 5.07. The van der Waals surface area contributed by atoms with E-state index in [4.69, 9.17) is 9.84 Å². The first-order valence-electron chi connectivity index (χ1n) is 5.92. The Morgan fingerprint density at radius 1 is 1.39 bits per heavy atom. The molecule has 0 heterocycles. The molecule has 1 aromatic rings. The number of ether oxygens (including phenoxy) is 1. The van der Waals surface area contributed by atoms with Gasteiger partial charge in [-0.2, -0.15) is 0 Å². The number of aromatic hydroxyl groups is 1. The summed E-state index contributed by atoms with van der Waals surface area (Å²) in [5.41, 5.74) is 1.05. The largest absolute Gasteiger partial charge is 0.508 e. The summed E-state index contributed by atoms with van der Waals surface area (Å²) in [5.74, 6) is -0.0838. The van der Waals surface area contributed by atoms with Gasteiger partial charge in [0.1, 0.15) is 5.75 Å². The Morgan fingerprint density at radius 2 is 2.17 bits per heavy atom. The van der Waals surface area contributed by atoms with Gasteiger partial charge in [-0.1, -0.05) is 6.07 Å². The minimum absolute atomic E-state index is 0.00878. The van der Waals surface area contributed by atoms with Crippen molar-refractivity contribution in [2.24, 2.45) is 0 Å². The highest BCUT2D eigenvalue weighted by molar-refractivity contribution is 5.96. The zero-order valence-electron chi connectivity index (χ0n) is 10.5. The maximum absolute atomic E-state index is 11.8. The summed E-state index contributed by atoms with van der Waals surface area (Å²) in [4.78, 5) is 11.8. The highest BCUT2D eigenvalue weighted by Gasteiger charge is 2.10. The van der Waals surface area contributed by atoms with Gasteiger partial charge in [0, 0.05) is 24.3 Å². The molecule has 0 spiro atoms. The summed E-state index contributed by atoms with van der Waals surface area (Å²) in [5, 5.41) is 20.7. The summed E-state index contributed by atoms with van der Waals surface area (Å²) in [7, 11) is 0. The molecule has 0 unspecified atom stereocenters. The highest BCUT2D eigenvalue weighted by Crippen LogP contribution is 2.19. The normalized spacial score (nSPS) is 10.3. The van der Waals surface area contributed by atoms with Crippen LogP contribution in [0.2, 0.25) is 0 Å². The van der Waals surface area contributed by atoms with E-state index in [1.165, 1.54) is 0 Å². The third kappa shape index (κ3) is 4.35. The average Bonchev–Trinajstić information content (AvgIpc) is 2.36. The van der Waals surface area contributed by atoms with Gasteiger partial charge in [0.05, 0.1) is 13.2 Å². The molecule has 5 nitrogen and oxygen atoms in total. The van der Waals surface area contributed by atoms with Crippen LogP contribution in [0.15, 0.2) is 18.2 Å². The maximum Gasteiger partial charge on any atom is 0.251 e. The van der Waals surface area contributed by atoms with Crippen LogP contribution < -0.4 is 5.32 Å². The van der Waals surface area contributed by atoms with Crippen LogP contribution in [0, 0.1) is 6.92 Å². The Balaban J connectivity index is 2.35. The zero-order valence-corrected chi connectivity index (χ0v) is 10.5. The Labute approximate surface area is 106 Å². The molecule has 0 aliphatic heterocycles. The van der Waals surface area contributed by atoms with Crippen molar-refractivity contribution in [3.05, 3.63) is 29.3 Å². The van der Waals surface area contributed by atoms with Gasteiger partial charge >= 0.3 is 0 Å². The molecule has 0 aliphatic carbocycles. The van der Waals surface area contributed by atoms with E-state index in [0.717, 1.165) is 0 Å². The standard InChI is InChI=1S/C13H19NO4/c1-10-11(4-2-5-12(10)16)13(17)14-6-3-8-18-9-7-15/h2,4-5,15-16H,3,6-9H2,1H3,(H,14,17). The van der Waals surface area contributed by atoms with Gasteiger partial charge in [0.25, 0.3) is 5.91 Å². The smallest absolute Gasteiger partial charge is 0.251 e. The molecule has 0 atom stereocenters. The fourth-order valence-electron chi connectivity index (χ4n) is 1.51. The molecule has 1 amide bonds. The number of phenolic OH excluding ortho intramolecular Hbond substituents is 1. The van der Waals surface area contributed by atoms with Gasteiger partial charge in [0.2, 0.25) is 0 Å². The average molecular weight is 253 g/mol. The van der Waals surface area contributed by atoms with Gasteiger partial charge < -0.3 is 20.3 Å². The molecule has 3 N–H and O–H groups in total. The van der Waals surface area contributed by atoms with E-state index in [0.29, 0.717) is 37.3 Å². The quantitative estimate of drug-likeness (QED) is 0.629. The van der Waals surface area contributed by atoms with Crippen molar-refractivity contribution in [3.8, 4) is 5.75 Å². The van der Waals surface area contributed by atoms with E-state index in [9.17, 15) is 9.90 Å². The molecule has 100 valence electrons. The third-order valence-corrected chi connectivity index (χ3v) is 2.54. The number of rotatable bonds is 7. The topological polar surface area (TPSA) is 78.8 Å². The Kier molecular flexibility index (Phi) is 6.18. The van der Waals surface area contributed by atoms with Crippen molar-refractivity contribution >= 4 is 5.91 Å². The molecule has 0 bridgehead atoms. The number of hydrogen-bond donors (Lipinski definition) is 3. The van der Waals surface area contributed by atoms with Gasteiger partial charge in [-0.05, 0) is 25.5 Å². The van der Waals surface area contributed by atoms with E-state index in [-0.39, 0.29) is 18.3 Å². The van der Waals surface area contributed by atoms with E-state index in [2.05, 4.69) is 5.32 Å². The van der Waals surface area contributed by atoms with Gasteiger partial charge in [-0.3, -0.25) is 4.79 Å². The van der Waals surface area contributed by atoms with Crippen molar-refractivity contribution in [3.63, 3.8) is 0 Å². The molecule has 0 fully saturated rings. The number of phenols is 1. The van der Waals surface area contributed by atoms with Crippen LogP contribution in [0.3, 0.4) is 0 Å². The van der Waals surface area contributed by atoms with Gasteiger partial charge in [-0.25, -0.2) is 0 Å². The Morgan fingerprint density at radius 3 is 2.89 bits per heavy atom. The van der Waals surface area contributed by atoms with Crippen LogP contribution in [-0.2, 0) is 4.74 Å². The number of aliphatic hydroxyl groups excluding tert-OH is 1. The first-order chi connectivity index (χ1) is 8.66. The van der Waals surface area contributed by atoms with E-state index in [1.807, 2.05) is 0 Å². The first-order valence-corrected chi connectivity index (χ1v) is 5.92. The number of carbonyl (C=O) groups excluding carboxylic acids is 1. The molecule has 0 aliphatic rings. The molecular weight excluding hydrogens is 234 g/mol. The maximum atomic E-state index is 11.8. The number of carbonyl (C=O) groups is 1. The summed E-state index contributed by atoms with van der Waals surface area (Å²) in [6.45, 7) is 3.03. The molecule has 0 saturated heterocycles. The second kappa shape index (κ2) is 7.68. The van der Waals surface area contributed by atoms with Crippen LogP contribution >= 0.6 is 0 Å². The minimum Gasteiger partial charge on any atom is -0.508 e. The number of hydrogen-bond acceptors (Lipinski definition) is 4. The van der Waals surface area contributed by atoms with Crippen LogP contribution in [0.1, 0.15) is 22.3 Å². The number of benzene rings is 1. The zero-order chi connectivity index (χ0) is 13.4. The SMILES string of the molecule is Cc1c(O)cccc1C(=O)NCCCOCCO. The van der Waals surface area contributed by atoms with Gasteiger partial charge in [-0.15, -0.1) is 0 Å². The molecule has 1 aromatic carbocycles. The van der Waals surface area contributed by atoms with Crippen molar-refractivity contribution in [1.29, 1.82) is 0 Å². The highest BCUT2D eigenvalue weighted by atomic mass is 16.5. The predicted octanol–water partition coefficient (Wildman–Crippen LogP) is 0.829. The Bertz CT molecular complexity index is 393. The van der Waals surface area contributed by atoms with Crippen LogP contribution in [0.25, 0.3) is 0 Å². The summed E-state index contributed by atoms with van der Waals surface area (Å²) in [6, 6.07) is 4.86. The van der Waals surface area contributed by atoms with Crippen molar-refractivity contribution in [1.82, 2.24) is 5.32 Å². The molecule has 0 aromatic heterocycles. The lowest BCUT2D eigenvalue weighted by Gasteiger charge is -2.08. The molecule has 0 saturated carbocycles. The second-order valence-electron chi connectivity index (χ2n) is 3.90. The van der Waals surface area contributed by atoms with E-state index < -0.39 is 0 Å². The fraction of sp³-hybridized carbons (Fsp3) is 0.462. The number of amides is 1. The molecular formula is C13H19NO4. The lowest BCUT2D eigenvalue weighted by atomic mass is 10.1. The summed E-state index contributed by atoms with van der Waals surface area (Å²) >= 11 is 0. The minimum atomic E-state index is -0.203. The fourth-order valence-corrected chi connectivity index (χ4v) is 1.51. The number of nitrogens with one attached hydrogen (secondary N) is 1. The Hall–Kier alpha value is -1.59. The van der Waals surface area contributed by atoms with Crippen LogP contribution in [0.4, 0.5) is 0 Å². The second-order valence-corrected chi connectivity index (χ2v) is 3.90. The van der Waals surface area contributed by atoms with Gasteiger partial charge in [0.15, 0.2) is 0 Å². The summed E-state index contributed by atoms with van der Waals surface area (Å²) in [6.07, 6.45) is 0.684. The number of aliphatic hydroxyl groups is 1. The first kappa shape index (κ1) is 14.5. The lowest BCUT2D eigenvalue weighted by Crippen LogP contribution is -2.26. The monoisotopic (exact) mass is 253 g/mol.